The Kier molecular flexibility index (Phi) is 5.38. The lowest BCUT2D eigenvalue weighted by molar-refractivity contribution is -0.389. The van der Waals surface area contributed by atoms with Crippen molar-refractivity contribution in [2.24, 2.45) is 0 Å². The normalized spacial score (nSPS) is 14.3. The lowest BCUT2D eigenvalue weighted by atomic mass is 10.2. The second-order valence-corrected chi connectivity index (χ2v) is 6.67. The Balaban J connectivity index is 1.51. The van der Waals surface area contributed by atoms with Crippen molar-refractivity contribution < 1.29 is 22.9 Å². The smallest absolute Gasteiger partial charge is 0.358 e. The predicted molar refractivity (Wildman–Crippen MR) is 90.4 cm³/mol. The van der Waals surface area contributed by atoms with Gasteiger partial charge < -0.3 is 15.4 Å². The van der Waals surface area contributed by atoms with E-state index >= 15 is 0 Å². The molecule has 0 atom stereocenters. The van der Waals surface area contributed by atoms with Crippen LogP contribution in [0.4, 0.5) is 19.0 Å². The third kappa shape index (κ3) is 4.67. The zero-order chi connectivity index (χ0) is 20.5. The van der Waals surface area contributed by atoms with Crippen LogP contribution in [0.25, 0.3) is 0 Å². The van der Waals surface area contributed by atoms with Crippen LogP contribution < -0.4 is 5.32 Å². The van der Waals surface area contributed by atoms with Crippen LogP contribution in [0.2, 0.25) is 0 Å². The number of aryl methyl sites for hydroxylation is 2. The summed E-state index contributed by atoms with van der Waals surface area (Å²) >= 11 is 0. The van der Waals surface area contributed by atoms with Gasteiger partial charge in [-0.05, 0) is 30.8 Å². The number of rotatable bonds is 8. The molecular weight excluding hydrogens is 381 g/mol. The number of aromatic nitrogens is 4. The van der Waals surface area contributed by atoms with E-state index in [0.717, 1.165) is 18.9 Å². The minimum Gasteiger partial charge on any atom is -0.358 e. The number of hydrogen-bond acceptors (Lipinski definition) is 5. The molecule has 0 aliphatic heterocycles. The van der Waals surface area contributed by atoms with Gasteiger partial charge in [-0.15, -0.1) is 0 Å². The van der Waals surface area contributed by atoms with E-state index in [1.54, 1.807) is 6.92 Å². The summed E-state index contributed by atoms with van der Waals surface area (Å²) in [7, 11) is 0. The number of hydrogen-bond donors (Lipinski definition) is 1. The summed E-state index contributed by atoms with van der Waals surface area (Å²) in [5, 5.41) is 20.7. The number of amides is 1. The molecule has 2 aromatic heterocycles. The second kappa shape index (κ2) is 7.60. The summed E-state index contributed by atoms with van der Waals surface area (Å²) in [5.41, 5.74) is 0.163. The summed E-state index contributed by atoms with van der Waals surface area (Å²) in [6.45, 7) is 2.16. The fourth-order valence-electron chi connectivity index (χ4n) is 2.86. The molecule has 0 saturated heterocycles. The van der Waals surface area contributed by atoms with Crippen LogP contribution >= 0.6 is 0 Å². The molecule has 9 nitrogen and oxygen atoms in total. The third-order valence-electron chi connectivity index (χ3n) is 4.45. The van der Waals surface area contributed by atoms with Crippen LogP contribution in [0.15, 0.2) is 12.1 Å². The molecule has 1 aliphatic rings. The van der Waals surface area contributed by atoms with Crippen molar-refractivity contribution in [2.45, 2.75) is 51.4 Å². The van der Waals surface area contributed by atoms with Crippen LogP contribution in [-0.4, -0.2) is 36.9 Å². The zero-order valence-corrected chi connectivity index (χ0v) is 15.1. The predicted octanol–water partition coefficient (Wildman–Crippen LogP) is 2.40. The van der Waals surface area contributed by atoms with Crippen LogP contribution in [0.1, 0.15) is 42.3 Å². The molecule has 0 spiro atoms. The van der Waals surface area contributed by atoms with Crippen molar-refractivity contribution in [1.29, 1.82) is 0 Å². The summed E-state index contributed by atoms with van der Waals surface area (Å²) in [5.74, 6) is -0.536. The molecule has 3 rings (SSSR count). The second-order valence-electron chi connectivity index (χ2n) is 6.67. The Morgan fingerprint density at radius 2 is 2.00 bits per heavy atom. The highest BCUT2D eigenvalue weighted by Gasteiger charge is 2.37. The minimum absolute atomic E-state index is 0.0169. The molecule has 2 heterocycles. The number of alkyl halides is 3. The molecule has 1 aliphatic carbocycles. The maximum absolute atomic E-state index is 12.9. The van der Waals surface area contributed by atoms with Gasteiger partial charge in [0.1, 0.15) is 0 Å². The van der Waals surface area contributed by atoms with Gasteiger partial charge in [-0.25, -0.2) is 0 Å². The molecule has 2 aromatic rings. The maximum Gasteiger partial charge on any atom is 0.435 e. The van der Waals surface area contributed by atoms with E-state index in [1.807, 2.05) is 0 Å². The highest BCUT2D eigenvalue weighted by molar-refractivity contribution is 5.75. The molecule has 28 heavy (non-hydrogen) atoms. The van der Waals surface area contributed by atoms with Crippen molar-refractivity contribution in [3.8, 4) is 0 Å². The summed E-state index contributed by atoms with van der Waals surface area (Å²) < 4.78 is 41.3. The van der Waals surface area contributed by atoms with Crippen molar-refractivity contribution in [1.82, 2.24) is 24.9 Å². The van der Waals surface area contributed by atoms with Gasteiger partial charge in [0.25, 0.3) is 0 Å². The Labute approximate surface area is 157 Å². The number of carbonyl (C=O) groups is 1. The summed E-state index contributed by atoms with van der Waals surface area (Å²) in [6, 6.07) is 2.39. The molecule has 1 N–H and O–H groups in total. The van der Waals surface area contributed by atoms with Gasteiger partial charge in [-0.2, -0.15) is 23.0 Å². The molecule has 1 saturated carbocycles. The number of halogens is 3. The molecule has 1 amide bonds. The van der Waals surface area contributed by atoms with E-state index in [1.165, 1.54) is 15.4 Å². The van der Waals surface area contributed by atoms with Gasteiger partial charge in [-0.1, -0.05) is 0 Å². The first-order chi connectivity index (χ1) is 13.1. The average molecular weight is 400 g/mol. The van der Waals surface area contributed by atoms with Crippen LogP contribution in [0.3, 0.4) is 0 Å². The van der Waals surface area contributed by atoms with E-state index < -0.39 is 16.8 Å². The van der Waals surface area contributed by atoms with Gasteiger partial charge in [0, 0.05) is 31.1 Å². The van der Waals surface area contributed by atoms with E-state index in [9.17, 15) is 28.1 Å². The number of nitro groups is 1. The SMILES string of the molecule is Cc1cc([N+](=O)[O-])nn1CCNC(=O)CCn1nc(C(F)(F)F)cc1C1CC1. The molecule has 0 aromatic carbocycles. The van der Waals surface area contributed by atoms with E-state index in [-0.39, 0.29) is 43.7 Å². The van der Waals surface area contributed by atoms with Gasteiger partial charge in [-0.3, -0.25) is 9.48 Å². The van der Waals surface area contributed by atoms with E-state index in [4.69, 9.17) is 0 Å². The lowest BCUT2D eigenvalue weighted by Crippen LogP contribution is -2.28. The summed E-state index contributed by atoms with van der Waals surface area (Å²) in [4.78, 5) is 22.1. The van der Waals surface area contributed by atoms with Crippen molar-refractivity contribution in [2.75, 3.05) is 6.54 Å². The highest BCUT2D eigenvalue weighted by atomic mass is 19.4. The van der Waals surface area contributed by atoms with Crippen molar-refractivity contribution in [3.05, 3.63) is 39.3 Å². The van der Waals surface area contributed by atoms with E-state index in [0.29, 0.717) is 11.4 Å². The number of carbonyl (C=O) groups excluding carboxylic acids is 1. The van der Waals surface area contributed by atoms with Gasteiger partial charge in [0.15, 0.2) is 5.69 Å². The van der Waals surface area contributed by atoms with Crippen molar-refractivity contribution >= 4 is 11.7 Å². The van der Waals surface area contributed by atoms with Gasteiger partial charge in [0.2, 0.25) is 5.91 Å². The van der Waals surface area contributed by atoms with Crippen molar-refractivity contribution in [3.63, 3.8) is 0 Å². The largest absolute Gasteiger partial charge is 0.435 e. The first-order valence-electron chi connectivity index (χ1n) is 8.75. The Morgan fingerprint density at radius 3 is 2.57 bits per heavy atom. The lowest BCUT2D eigenvalue weighted by Gasteiger charge is -2.08. The highest BCUT2D eigenvalue weighted by Crippen LogP contribution is 2.42. The first kappa shape index (κ1) is 19.8. The maximum atomic E-state index is 12.9. The molecule has 0 radical (unpaired) electrons. The fourth-order valence-corrected chi connectivity index (χ4v) is 2.86. The van der Waals surface area contributed by atoms with Crippen LogP contribution in [0, 0.1) is 17.0 Å². The number of nitrogens with zero attached hydrogens (tertiary/aromatic N) is 5. The van der Waals surface area contributed by atoms with Crippen LogP contribution in [0.5, 0.6) is 0 Å². The molecule has 1 fully saturated rings. The van der Waals surface area contributed by atoms with Gasteiger partial charge in [0.05, 0.1) is 23.4 Å². The van der Waals surface area contributed by atoms with E-state index in [2.05, 4.69) is 15.5 Å². The molecule has 0 unspecified atom stereocenters. The first-order valence-corrected chi connectivity index (χ1v) is 8.75. The standard InChI is InChI=1S/C16H19F3N6O3/c1-10-8-14(25(27)28)22-23(10)7-5-20-15(26)4-6-24-12(11-2-3-11)9-13(21-24)16(17,18)19/h8-9,11H,2-7H2,1H3,(H,20,26). The quantitative estimate of drug-likeness (QED) is 0.541. The topological polar surface area (TPSA) is 108 Å². The fraction of sp³-hybridized carbons (Fsp3) is 0.562. The van der Waals surface area contributed by atoms with Crippen LogP contribution in [-0.2, 0) is 24.1 Å². The zero-order valence-electron chi connectivity index (χ0n) is 15.1. The molecular formula is C16H19F3N6O3. The monoisotopic (exact) mass is 400 g/mol. The molecule has 152 valence electrons. The Bertz CT molecular complexity index is 885. The average Bonchev–Trinajstić information content (AvgIpc) is 3.24. The Morgan fingerprint density at radius 1 is 1.29 bits per heavy atom. The molecule has 0 bridgehead atoms. The Hall–Kier alpha value is -2.92. The molecule has 12 heteroatoms. The summed E-state index contributed by atoms with van der Waals surface area (Å²) in [6.07, 6.45) is -2.88. The third-order valence-corrected chi connectivity index (χ3v) is 4.45. The minimum atomic E-state index is -4.51. The number of nitrogens with one attached hydrogen (secondary N) is 1. The van der Waals surface area contributed by atoms with Gasteiger partial charge >= 0.3 is 12.0 Å².